The summed E-state index contributed by atoms with van der Waals surface area (Å²) in [7, 11) is 0. The fraction of sp³-hybridized carbons (Fsp3) is 0.148. The normalized spacial score (nSPS) is 12.1. The molecule has 5 rings (SSSR count). The van der Waals surface area contributed by atoms with Crippen molar-refractivity contribution in [2.24, 2.45) is 0 Å². The minimum atomic E-state index is 0.0334. The van der Waals surface area contributed by atoms with Gasteiger partial charge in [0.2, 0.25) is 0 Å². The number of nitrogens with one attached hydrogen (secondary N) is 3. The molecule has 0 unspecified atom stereocenters. The number of fused-ring (bicyclic) bond motifs is 1. The molecule has 0 amide bonds. The average molecular weight is 423 g/mol. The van der Waals surface area contributed by atoms with E-state index in [2.05, 4.69) is 57.9 Å². The van der Waals surface area contributed by atoms with Crippen LogP contribution < -0.4 is 10.1 Å². The van der Waals surface area contributed by atoms with Gasteiger partial charge < -0.3 is 20.0 Å². The molecule has 0 aliphatic rings. The molecule has 32 heavy (non-hydrogen) atoms. The number of aromatic nitrogens is 3. The van der Waals surface area contributed by atoms with Crippen molar-refractivity contribution in [2.75, 3.05) is 13.2 Å². The van der Waals surface area contributed by atoms with E-state index in [1.807, 2.05) is 54.7 Å². The van der Waals surface area contributed by atoms with Crippen LogP contribution in [-0.2, 0) is 6.42 Å². The van der Waals surface area contributed by atoms with Gasteiger partial charge in [0.15, 0.2) is 0 Å². The number of rotatable bonds is 9. The van der Waals surface area contributed by atoms with Crippen molar-refractivity contribution in [1.82, 2.24) is 20.3 Å². The summed E-state index contributed by atoms with van der Waals surface area (Å²) in [4.78, 5) is 11.7. The Kier molecular flexibility index (Phi) is 5.99. The summed E-state index contributed by atoms with van der Waals surface area (Å²) < 4.78 is 5.87. The average Bonchev–Trinajstić information content (AvgIpc) is 3.50. The number of benzene rings is 3. The zero-order valence-corrected chi connectivity index (χ0v) is 17.8. The van der Waals surface area contributed by atoms with Gasteiger partial charge in [0.25, 0.3) is 0 Å². The van der Waals surface area contributed by atoms with Gasteiger partial charge in [0.1, 0.15) is 18.2 Å². The maximum Gasteiger partial charge on any atom is 0.124 e. The Labute approximate surface area is 187 Å². The molecule has 0 aliphatic heterocycles. The molecule has 3 N–H and O–H groups in total. The second-order valence-corrected chi connectivity index (χ2v) is 7.77. The van der Waals surface area contributed by atoms with Crippen LogP contribution in [0.25, 0.3) is 22.2 Å². The maximum absolute atomic E-state index is 5.87. The molecule has 2 aromatic heterocycles. The molecule has 0 radical (unpaired) electrons. The van der Waals surface area contributed by atoms with E-state index in [4.69, 9.17) is 9.72 Å². The summed E-state index contributed by atoms with van der Waals surface area (Å²) in [5.41, 5.74) is 4.47. The zero-order valence-electron chi connectivity index (χ0n) is 17.8. The number of aromatic amines is 2. The fourth-order valence-corrected chi connectivity index (χ4v) is 3.98. The molecular weight excluding hydrogens is 396 g/mol. The van der Waals surface area contributed by atoms with E-state index in [1.54, 1.807) is 0 Å². The highest BCUT2D eigenvalue weighted by Gasteiger charge is 2.18. The third-order valence-corrected chi connectivity index (χ3v) is 5.60. The van der Waals surface area contributed by atoms with Crippen molar-refractivity contribution in [1.29, 1.82) is 0 Å². The van der Waals surface area contributed by atoms with Crippen LogP contribution in [0.1, 0.15) is 17.4 Å². The van der Waals surface area contributed by atoms with Crippen LogP contribution in [0.2, 0.25) is 0 Å². The van der Waals surface area contributed by atoms with Crippen LogP contribution in [0.15, 0.2) is 97.3 Å². The minimum absolute atomic E-state index is 0.0334. The number of imidazole rings is 1. The molecule has 0 aliphatic carbocycles. The highest BCUT2D eigenvalue weighted by Crippen LogP contribution is 2.25. The number of nitrogens with zero attached hydrogens (tertiary/aromatic N) is 1. The first-order chi connectivity index (χ1) is 15.9. The third-order valence-electron chi connectivity index (χ3n) is 5.60. The van der Waals surface area contributed by atoms with Crippen LogP contribution >= 0.6 is 0 Å². The van der Waals surface area contributed by atoms with E-state index < -0.39 is 0 Å². The molecule has 5 aromatic rings. The highest BCUT2D eigenvalue weighted by atomic mass is 16.5. The predicted octanol–water partition coefficient (Wildman–Crippen LogP) is 5.51. The molecule has 0 spiro atoms. The van der Waals surface area contributed by atoms with E-state index in [0.29, 0.717) is 13.2 Å². The first-order valence-corrected chi connectivity index (χ1v) is 10.9. The van der Waals surface area contributed by atoms with Crippen LogP contribution in [0.4, 0.5) is 0 Å². The SMILES string of the molecule is c1ccc(OCCN[C@H](Cc2c[nH]c3ccccc23)c2nc(-c3ccccc3)c[nH]2)cc1. The number of para-hydroxylation sites is 2. The summed E-state index contributed by atoms with van der Waals surface area (Å²) in [5, 5.41) is 4.89. The van der Waals surface area contributed by atoms with Crippen LogP contribution in [0.5, 0.6) is 5.75 Å². The van der Waals surface area contributed by atoms with Crippen molar-refractivity contribution < 1.29 is 4.74 Å². The third kappa shape index (κ3) is 4.58. The summed E-state index contributed by atoms with van der Waals surface area (Å²) in [6.07, 6.45) is 4.90. The Bertz CT molecular complexity index is 1260. The Morgan fingerprint density at radius 3 is 2.41 bits per heavy atom. The van der Waals surface area contributed by atoms with E-state index in [1.165, 1.54) is 10.9 Å². The van der Waals surface area contributed by atoms with Crippen LogP contribution in [0, 0.1) is 0 Å². The largest absolute Gasteiger partial charge is 0.492 e. The van der Waals surface area contributed by atoms with Gasteiger partial charge in [-0.2, -0.15) is 0 Å². The van der Waals surface area contributed by atoms with Gasteiger partial charge >= 0.3 is 0 Å². The van der Waals surface area contributed by atoms with Crippen molar-refractivity contribution in [3.63, 3.8) is 0 Å². The molecular formula is C27H26N4O. The van der Waals surface area contributed by atoms with E-state index >= 15 is 0 Å². The summed E-state index contributed by atoms with van der Waals surface area (Å²) in [6.45, 7) is 1.30. The molecule has 3 aromatic carbocycles. The van der Waals surface area contributed by atoms with Gasteiger partial charge in [-0.05, 0) is 30.2 Å². The van der Waals surface area contributed by atoms with E-state index in [-0.39, 0.29) is 6.04 Å². The van der Waals surface area contributed by atoms with E-state index in [0.717, 1.165) is 34.8 Å². The molecule has 5 heteroatoms. The topological polar surface area (TPSA) is 65.7 Å². The lowest BCUT2D eigenvalue weighted by Gasteiger charge is -2.17. The van der Waals surface area contributed by atoms with Gasteiger partial charge in [-0.1, -0.05) is 66.7 Å². The molecule has 5 nitrogen and oxygen atoms in total. The minimum Gasteiger partial charge on any atom is -0.492 e. The summed E-state index contributed by atoms with van der Waals surface area (Å²) in [6, 6.07) is 28.6. The second-order valence-electron chi connectivity index (χ2n) is 7.77. The van der Waals surface area contributed by atoms with Crippen molar-refractivity contribution in [2.45, 2.75) is 12.5 Å². The molecule has 0 fully saturated rings. The standard InChI is InChI=1S/C27H26N4O/c1-3-9-20(10-4-1)26-19-30-27(31-26)25(28-15-16-32-22-11-5-2-6-12-22)17-21-18-29-24-14-8-7-13-23(21)24/h1-14,18-19,25,28-29H,15-17H2,(H,30,31)/t25-/m1/s1. The van der Waals surface area contributed by atoms with Crippen LogP contribution in [0.3, 0.4) is 0 Å². The lowest BCUT2D eigenvalue weighted by Crippen LogP contribution is -2.28. The number of H-pyrrole nitrogens is 2. The highest BCUT2D eigenvalue weighted by molar-refractivity contribution is 5.83. The van der Waals surface area contributed by atoms with Gasteiger partial charge in [-0.25, -0.2) is 4.98 Å². The lowest BCUT2D eigenvalue weighted by molar-refractivity contribution is 0.303. The molecule has 2 heterocycles. The summed E-state index contributed by atoms with van der Waals surface area (Å²) in [5.74, 6) is 1.81. The monoisotopic (exact) mass is 422 g/mol. The smallest absolute Gasteiger partial charge is 0.124 e. The van der Waals surface area contributed by atoms with Gasteiger partial charge in [-0.15, -0.1) is 0 Å². The van der Waals surface area contributed by atoms with Crippen LogP contribution in [-0.4, -0.2) is 28.1 Å². The fourth-order valence-electron chi connectivity index (χ4n) is 3.98. The van der Waals surface area contributed by atoms with E-state index in [9.17, 15) is 0 Å². The number of hydrogen-bond acceptors (Lipinski definition) is 3. The first-order valence-electron chi connectivity index (χ1n) is 10.9. The lowest BCUT2D eigenvalue weighted by atomic mass is 10.0. The molecule has 0 saturated heterocycles. The predicted molar refractivity (Wildman–Crippen MR) is 129 cm³/mol. The van der Waals surface area contributed by atoms with Crippen molar-refractivity contribution >= 4 is 10.9 Å². The molecule has 1 atom stereocenters. The molecule has 160 valence electrons. The summed E-state index contributed by atoms with van der Waals surface area (Å²) >= 11 is 0. The Hall–Kier alpha value is -3.83. The van der Waals surface area contributed by atoms with Crippen molar-refractivity contribution in [3.8, 4) is 17.0 Å². The Morgan fingerprint density at radius 1 is 0.812 bits per heavy atom. The maximum atomic E-state index is 5.87. The zero-order chi connectivity index (χ0) is 21.6. The quantitative estimate of drug-likeness (QED) is 0.274. The van der Waals surface area contributed by atoms with Gasteiger partial charge in [-0.3, -0.25) is 0 Å². The molecule has 0 saturated carbocycles. The second kappa shape index (κ2) is 9.54. The number of ether oxygens (including phenoxy) is 1. The molecule has 0 bridgehead atoms. The van der Waals surface area contributed by atoms with Crippen molar-refractivity contribution in [3.05, 3.63) is 109 Å². The first kappa shape index (κ1) is 20.1. The Balaban J connectivity index is 1.34. The Morgan fingerprint density at radius 2 is 1.56 bits per heavy atom. The van der Waals surface area contributed by atoms with Gasteiger partial charge in [0, 0.05) is 35.4 Å². The van der Waals surface area contributed by atoms with Gasteiger partial charge in [0.05, 0.1) is 11.7 Å². The number of hydrogen-bond donors (Lipinski definition) is 3.